The molecule has 0 saturated carbocycles. The molecule has 0 amide bonds. The highest BCUT2D eigenvalue weighted by atomic mass is 79.9. The third-order valence-corrected chi connectivity index (χ3v) is 4.81. The molecule has 106 valence electrons. The van der Waals surface area contributed by atoms with Crippen LogP contribution in [0.2, 0.25) is 0 Å². The Labute approximate surface area is 126 Å². The topological polar surface area (TPSA) is 85.1 Å². The first-order chi connectivity index (χ1) is 9.38. The van der Waals surface area contributed by atoms with Crippen molar-refractivity contribution < 1.29 is 8.42 Å². The lowest BCUT2D eigenvalue weighted by atomic mass is 10.2. The molecule has 0 unspecified atom stereocenters. The first-order valence-electron chi connectivity index (χ1n) is 5.85. The van der Waals surface area contributed by atoms with Gasteiger partial charge in [0.1, 0.15) is 0 Å². The molecule has 20 heavy (non-hydrogen) atoms. The summed E-state index contributed by atoms with van der Waals surface area (Å²) in [4.78, 5) is 4.28. The Bertz CT molecular complexity index is 715. The number of nitrogen functional groups attached to an aromatic ring is 1. The van der Waals surface area contributed by atoms with Crippen LogP contribution in [0.25, 0.3) is 0 Å². The molecule has 0 saturated heterocycles. The maximum absolute atomic E-state index is 12.1. The molecule has 2 aromatic rings. The number of nitrogens with one attached hydrogen (secondary N) is 1. The predicted octanol–water partition coefficient (Wildman–Crippen LogP) is 2.21. The largest absolute Gasteiger partial charge is 0.398 e. The van der Waals surface area contributed by atoms with E-state index in [1.54, 1.807) is 12.3 Å². The fourth-order valence-corrected chi connectivity index (χ4v) is 3.11. The second-order valence-corrected chi connectivity index (χ2v) is 6.94. The van der Waals surface area contributed by atoms with Gasteiger partial charge >= 0.3 is 0 Å². The number of aryl methyl sites for hydroxylation is 1. The second kappa shape index (κ2) is 5.90. The van der Waals surface area contributed by atoms with E-state index in [2.05, 4.69) is 25.6 Å². The highest BCUT2D eigenvalue weighted by molar-refractivity contribution is 9.10. The molecule has 1 aromatic heterocycles. The maximum atomic E-state index is 12.1. The van der Waals surface area contributed by atoms with Crippen molar-refractivity contribution in [1.82, 2.24) is 9.71 Å². The number of anilines is 1. The summed E-state index contributed by atoms with van der Waals surface area (Å²) >= 11 is 3.22. The van der Waals surface area contributed by atoms with Crippen LogP contribution in [-0.2, 0) is 16.6 Å². The minimum atomic E-state index is -3.57. The Hall–Kier alpha value is -1.44. The molecule has 5 nitrogen and oxygen atoms in total. The van der Waals surface area contributed by atoms with Gasteiger partial charge in [0.2, 0.25) is 10.0 Å². The van der Waals surface area contributed by atoms with E-state index in [0.29, 0.717) is 10.2 Å². The zero-order valence-corrected chi connectivity index (χ0v) is 13.2. The molecule has 0 fully saturated rings. The minimum absolute atomic E-state index is 0.165. The number of nitrogens with zero attached hydrogens (tertiary/aromatic N) is 1. The quantitative estimate of drug-likeness (QED) is 0.823. The lowest BCUT2D eigenvalue weighted by Gasteiger charge is -2.08. The van der Waals surface area contributed by atoms with Gasteiger partial charge in [-0.2, -0.15) is 0 Å². The molecule has 0 aliphatic heterocycles. The number of benzene rings is 1. The second-order valence-electron chi connectivity index (χ2n) is 4.32. The molecule has 2 rings (SSSR count). The number of halogens is 1. The summed E-state index contributed by atoms with van der Waals surface area (Å²) in [6, 6.07) is 8.17. The van der Waals surface area contributed by atoms with E-state index in [-0.39, 0.29) is 11.4 Å². The van der Waals surface area contributed by atoms with E-state index in [1.165, 1.54) is 12.1 Å². The Balaban J connectivity index is 2.14. The average Bonchev–Trinajstić information content (AvgIpc) is 2.41. The van der Waals surface area contributed by atoms with Gasteiger partial charge in [0.05, 0.1) is 4.90 Å². The molecule has 0 aliphatic rings. The number of aromatic nitrogens is 1. The Kier molecular flexibility index (Phi) is 4.42. The molecule has 1 heterocycles. The highest BCUT2D eigenvalue weighted by Gasteiger charge is 2.14. The van der Waals surface area contributed by atoms with Gasteiger partial charge in [-0.25, -0.2) is 13.1 Å². The third kappa shape index (κ3) is 3.56. The van der Waals surface area contributed by atoms with Gasteiger partial charge in [-0.1, -0.05) is 6.07 Å². The van der Waals surface area contributed by atoms with E-state index >= 15 is 0 Å². The van der Waals surface area contributed by atoms with Crippen molar-refractivity contribution in [2.75, 3.05) is 5.73 Å². The summed E-state index contributed by atoms with van der Waals surface area (Å²) in [5, 5.41) is 0. The molecular formula is C13H14BrN3O2S. The number of rotatable bonds is 4. The smallest absolute Gasteiger partial charge is 0.240 e. The Morgan fingerprint density at radius 1 is 1.30 bits per heavy atom. The maximum Gasteiger partial charge on any atom is 0.240 e. The number of nitrogens with two attached hydrogens (primary N) is 1. The molecule has 7 heteroatoms. The summed E-state index contributed by atoms with van der Waals surface area (Å²) in [5.74, 6) is 0. The first-order valence-corrected chi connectivity index (χ1v) is 8.12. The normalized spacial score (nSPS) is 11.5. The van der Waals surface area contributed by atoms with Crippen LogP contribution in [-0.4, -0.2) is 13.4 Å². The molecule has 0 radical (unpaired) electrons. The Morgan fingerprint density at radius 2 is 2.05 bits per heavy atom. The summed E-state index contributed by atoms with van der Waals surface area (Å²) < 4.78 is 27.4. The van der Waals surface area contributed by atoms with E-state index in [1.807, 2.05) is 19.1 Å². The lowest BCUT2D eigenvalue weighted by Crippen LogP contribution is -2.23. The van der Waals surface area contributed by atoms with Crippen molar-refractivity contribution >= 4 is 31.6 Å². The van der Waals surface area contributed by atoms with Gasteiger partial charge in [-0.05, 0) is 52.7 Å². The van der Waals surface area contributed by atoms with Gasteiger partial charge in [-0.15, -0.1) is 0 Å². The number of sulfonamides is 1. The Morgan fingerprint density at radius 3 is 2.65 bits per heavy atom. The molecular weight excluding hydrogens is 342 g/mol. The average molecular weight is 356 g/mol. The van der Waals surface area contributed by atoms with Crippen molar-refractivity contribution in [3.05, 3.63) is 52.3 Å². The zero-order chi connectivity index (χ0) is 14.8. The predicted molar refractivity (Wildman–Crippen MR) is 81.6 cm³/mol. The van der Waals surface area contributed by atoms with Crippen molar-refractivity contribution in [2.24, 2.45) is 0 Å². The van der Waals surface area contributed by atoms with Crippen LogP contribution < -0.4 is 10.5 Å². The lowest BCUT2D eigenvalue weighted by molar-refractivity contribution is 0.581. The summed E-state index contributed by atoms with van der Waals surface area (Å²) in [7, 11) is -3.57. The van der Waals surface area contributed by atoms with Crippen molar-refractivity contribution in [1.29, 1.82) is 0 Å². The molecule has 0 atom stereocenters. The van der Waals surface area contributed by atoms with Gasteiger partial charge in [-0.3, -0.25) is 4.98 Å². The summed E-state index contributed by atoms with van der Waals surface area (Å²) in [5.41, 5.74) is 7.82. The fraction of sp³-hybridized carbons (Fsp3) is 0.154. The third-order valence-electron chi connectivity index (χ3n) is 2.72. The molecule has 0 bridgehead atoms. The van der Waals surface area contributed by atoms with Gasteiger partial charge < -0.3 is 5.73 Å². The van der Waals surface area contributed by atoms with Crippen molar-refractivity contribution in [3.8, 4) is 0 Å². The first kappa shape index (κ1) is 15.0. The van der Waals surface area contributed by atoms with Gasteiger partial charge in [0.15, 0.2) is 0 Å². The van der Waals surface area contributed by atoms with Crippen LogP contribution in [0.15, 0.2) is 45.9 Å². The van der Waals surface area contributed by atoms with E-state index < -0.39 is 10.0 Å². The highest BCUT2D eigenvalue weighted by Crippen LogP contribution is 2.23. The fourth-order valence-electron chi connectivity index (χ4n) is 1.54. The van der Waals surface area contributed by atoms with Gasteiger partial charge in [0, 0.05) is 28.6 Å². The van der Waals surface area contributed by atoms with Gasteiger partial charge in [0.25, 0.3) is 0 Å². The van der Waals surface area contributed by atoms with E-state index in [4.69, 9.17) is 5.73 Å². The standard InChI is InChI=1S/C13H14BrN3O2S/c1-9-2-3-10(7-16-9)8-17-20(18,19)11-4-5-13(15)12(14)6-11/h2-7,17H,8,15H2,1H3. The van der Waals surface area contributed by atoms with Crippen molar-refractivity contribution in [3.63, 3.8) is 0 Å². The van der Waals surface area contributed by atoms with Crippen LogP contribution >= 0.6 is 15.9 Å². The molecule has 0 spiro atoms. The monoisotopic (exact) mass is 355 g/mol. The summed E-state index contributed by atoms with van der Waals surface area (Å²) in [6.07, 6.45) is 1.65. The SMILES string of the molecule is Cc1ccc(CNS(=O)(=O)c2ccc(N)c(Br)c2)cn1. The van der Waals surface area contributed by atoms with Crippen LogP contribution in [0.3, 0.4) is 0 Å². The molecule has 1 aromatic carbocycles. The number of hydrogen-bond acceptors (Lipinski definition) is 4. The number of pyridine rings is 1. The number of hydrogen-bond donors (Lipinski definition) is 2. The minimum Gasteiger partial charge on any atom is -0.398 e. The molecule has 3 N–H and O–H groups in total. The van der Waals surface area contributed by atoms with E-state index in [0.717, 1.165) is 11.3 Å². The summed E-state index contributed by atoms with van der Waals surface area (Å²) in [6.45, 7) is 2.07. The zero-order valence-electron chi connectivity index (χ0n) is 10.8. The van der Waals surface area contributed by atoms with E-state index in [9.17, 15) is 8.42 Å². The molecule has 0 aliphatic carbocycles. The van der Waals surface area contributed by atoms with Crippen LogP contribution in [0.1, 0.15) is 11.3 Å². The van der Waals surface area contributed by atoms with Crippen LogP contribution in [0.5, 0.6) is 0 Å². The van der Waals surface area contributed by atoms with Crippen LogP contribution in [0.4, 0.5) is 5.69 Å². The van der Waals surface area contributed by atoms with Crippen molar-refractivity contribution in [2.45, 2.75) is 18.4 Å². The van der Waals surface area contributed by atoms with Crippen LogP contribution in [0, 0.1) is 6.92 Å².